The zero-order valence-corrected chi connectivity index (χ0v) is 12.1. The largest absolute Gasteiger partial charge is 0.382 e. The van der Waals surface area contributed by atoms with Gasteiger partial charge in [-0.3, -0.25) is 4.79 Å². The third-order valence-corrected chi connectivity index (χ3v) is 3.61. The molecule has 3 nitrogen and oxygen atoms in total. The van der Waals surface area contributed by atoms with Crippen LogP contribution >= 0.6 is 0 Å². The van der Waals surface area contributed by atoms with Crippen molar-refractivity contribution >= 4 is 11.6 Å². The van der Waals surface area contributed by atoms with Gasteiger partial charge in [0.15, 0.2) is 0 Å². The van der Waals surface area contributed by atoms with E-state index >= 15 is 0 Å². The van der Waals surface area contributed by atoms with Gasteiger partial charge in [-0.1, -0.05) is 12.8 Å². The first-order chi connectivity index (χ1) is 9.10. The minimum atomic E-state index is 0.00294. The van der Waals surface area contributed by atoms with Crippen LogP contribution in [-0.4, -0.2) is 18.5 Å². The topological polar surface area (TPSA) is 41.1 Å². The maximum atomic E-state index is 11.8. The summed E-state index contributed by atoms with van der Waals surface area (Å²) in [6.45, 7) is 6.88. The van der Waals surface area contributed by atoms with Gasteiger partial charge in [-0.15, -0.1) is 0 Å². The molecule has 1 saturated carbocycles. The van der Waals surface area contributed by atoms with Gasteiger partial charge in [0, 0.05) is 23.8 Å². The molecule has 1 aromatic carbocycles. The van der Waals surface area contributed by atoms with Crippen molar-refractivity contribution in [2.75, 3.05) is 11.9 Å². The predicted molar refractivity (Wildman–Crippen MR) is 79.6 cm³/mol. The maximum absolute atomic E-state index is 11.8. The lowest BCUT2D eigenvalue weighted by Crippen LogP contribution is -2.23. The number of hydrogen-bond acceptors (Lipinski definition) is 2. The Kier molecular flexibility index (Phi) is 4.46. The molecule has 1 aliphatic rings. The van der Waals surface area contributed by atoms with E-state index in [4.69, 9.17) is 0 Å². The van der Waals surface area contributed by atoms with Crippen molar-refractivity contribution in [3.8, 4) is 0 Å². The molecule has 2 rings (SSSR count). The molecular formula is C16H24N2O. The van der Waals surface area contributed by atoms with Gasteiger partial charge in [0.25, 0.3) is 5.91 Å². The Morgan fingerprint density at radius 2 is 2.16 bits per heavy atom. The SMILES string of the molecule is CCNC(=O)c1ccc(NC(C)CC2CC2)c(C)c1. The third kappa shape index (κ3) is 3.98. The average Bonchev–Trinajstić information content (AvgIpc) is 3.16. The number of aryl methyl sites for hydroxylation is 1. The summed E-state index contributed by atoms with van der Waals surface area (Å²) in [6, 6.07) is 6.37. The highest BCUT2D eigenvalue weighted by Gasteiger charge is 2.23. The summed E-state index contributed by atoms with van der Waals surface area (Å²) in [4.78, 5) is 11.8. The number of carbonyl (C=O) groups excluding carboxylic acids is 1. The molecule has 1 fully saturated rings. The van der Waals surface area contributed by atoms with Gasteiger partial charge >= 0.3 is 0 Å². The van der Waals surface area contributed by atoms with Crippen molar-refractivity contribution < 1.29 is 4.79 Å². The fraction of sp³-hybridized carbons (Fsp3) is 0.562. The van der Waals surface area contributed by atoms with E-state index in [9.17, 15) is 4.79 Å². The van der Waals surface area contributed by atoms with Crippen LogP contribution in [0.15, 0.2) is 18.2 Å². The molecule has 0 aromatic heterocycles. The summed E-state index contributed by atoms with van der Waals surface area (Å²) in [6.07, 6.45) is 4.03. The fourth-order valence-electron chi connectivity index (χ4n) is 2.41. The van der Waals surface area contributed by atoms with Crippen molar-refractivity contribution in [1.29, 1.82) is 0 Å². The number of carbonyl (C=O) groups is 1. The minimum Gasteiger partial charge on any atom is -0.382 e. The molecule has 0 spiro atoms. The van der Waals surface area contributed by atoms with Gasteiger partial charge in [0.2, 0.25) is 0 Å². The van der Waals surface area contributed by atoms with E-state index in [0.29, 0.717) is 12.6 Å². The number of hydrogen-bond donors (Lipinski definition) is 2. The Hall–Kier alpha value is -1.51. The van der Waals surface area contributed by atoms with Crippen molar-refractivity contribution in [1.82, 2.24) is 5.32 Å². The molecule has 0 bridgehead atoms. The predicted octanol–water partition coefficient (Wildman–Crippen LogP) is 3.35. The molecule has 3 heteroatoms. The summed E-state index contributed by atoms with van der Waals surface area (Å²) in [5.74, 6) is 0.931. The average molecular weight is 260 g/mol. The second-order valence-corrected chi connectivity index (χ2v) is 5.61. The zero-order chi connectivity index (χ0) is 13.8. The monoisotopic (exact) mass is 260 g/mol. The lowest BCUT2D eigenvalue weighted by molar-refractivity contribution is 0.0956. The van der Waals surface area contributed by atoms with Gasteiger partial charge in [0.05, 0.1) is 0 Å². The lowest BCUT2D eigenvalue weighted by atomic mass is 10.1. The number of nitrogens with one attached hydrogen (secondary N) is 2. The van der Waals surface area contributed by atoms with Crippen LogP contribution in [0.4, 0.5) is 5.69 Å². The van der Waals surface area contributed by atoms with Gasteiger partial charge in [-0.25, -0.2) is 0 Å². The molecular weight excluding hydrogens is 236 g/mol. The molecule has 0 aliphatic heterocycles. The summed E-state index contributed by atoms with van der Waals surface area (Å²) in [7, 11) is 0. The van der Waals surface area contributed by atoms with E-state index in [1.807, 2.05) is 25.1 Å². The van der Waals surface area contributed by atoms with E-state index < -0.39 is 0 Å². The third-order valence-electron chi connectivity index (χ3n) is 3.61. The Labute approximate surface area is 115 Å². The second kappa shape index (κ2) is 6.09. The van der Waals surface area contributed by atoms with Crippen LogP contribution in [0.25, 0.3) is 0 Å². The fourth-order valence-corrected chi connectivity index (χ4v) is 2.41. The van der Waals surface area contributed by atoms with E-state index in [-0.39, 0.29) is 5.91 Å². The van der Waals surface area contributed by atoms with Crippen molar-refractivity contribution in [3.05, 3.63) is 29.3 Å². The molecule has 1 aliphatic carbocycles. The molecule has 104 valence electrons. The van der Waals surface area contributed by atoms with Gasteiger partial charge in [-0.2, -0.15) is 0 Å². The van der Waals surface area contributed by atoms with Crippen LogP contribution in [0.3, 0.4) is 0 Å². The molecule has 1 amide bonds. The second-order valence-electron chi connectivity index (χ2n) is 5.61. The first-order valence-corrected chi connectivity index (χ1v) is 7.25. The summed E-state index contributed by atoms with van der Waals surface area (Å²) in [5.41, 5.74) is 3.01. The molecule has 19 heavy (non-hydrogen) atoms. The zero-order valence-electron chi connectivity index (χ0n) is 12.1. The highest BCUT2D eigenvalue weighted by molar-refractivity contribution is 5.94. The molecule has 0 saturated heterocycles. The van der Waals surface area contributed by atoms with Crippen molar-refractivity contribution in [2.24, 2.45) is 5.92 Å². The van der Waals surface area contributed by atoms with Crippen LogP contribution in [0.2, 0.25) is 0 Å². The molecule has 1 aromatic rings. The van der Waals surface area contributed by atoms with Crippen LogP contribution in [0.5, 0.6) is 0 Å². The maximum Gasteiger partial charge on any atom is 0.251 e. The first kappa shape index (κ1) is 13.9. The standard InChI is InChI=1S/C16H24N2O/c1-4-17-16(19)14-7-8-15(11(2)9-14)18-12(3)10-13-5-6-13/h7-9,12-13,18H,4-6,10H2,1-3H3,(H,17,19). The summed E-state index contributed by atoms with van der Waals surface area (Å²) in [5, 5.41) is 6.37. The Balaban J connectivity index is 1.99. The smallest absolute Gasteiger partial charge is 0.251 e. The summed E-state index contributed by atoms with van der Waals surface area (Å²) >= 11 is 0. The molecule has 0 heterocycles. The highest BCUT2D eigenvalue weighted by Crippen LogP contribution is 2.34. The number of rotatable bonds is 6. The van der Waals surface area contributed by atoms with E-state index in [2.05, 4.69) is 24.5 Å². The van der Waals surface area contributed by atoms with Gasteiger partial charge in [-0.05, 0) is 56.9 Å². The van der Waals surface area contributed by atoms with Gasteiger partial charge in [0.1, 0.15) is 0 Å². The van der Waals surface area contributed by atoms with Crippen molar-refractivity contribution in [2.45, 2.75) is 46.1 Å². The number of amides is 1. The van der Waals surface area contributed by atoms with Crippen LogP contribution in [0, 0.1) is 12.8 Å². The van der Waals surface area contributed by atoms with Crippen LogP contribution < -0.4 is 10.6 Å². The normalized spacial score (nSPS) is 15.9. The van der Waals surface area contributed by atoms with Gasteiger partial charge < -0.3 is 10.6 Å². The summed E-state index contributed by atoms with van der Waals surface area (Å²) < 4.78 is 0. The quantitative estimate of drug-likeness (QED) is 0.823. The number of benzene rings is 1. The van der Waals surface area contributed by atoms with E-state index in [0.717, 1.165) is 22.7 Å². The van der Waals surface area contributed by atoms with Crippen LogP contribution in [0.1, 0.15) is 49.0 Å². The Morgan fingerprint density at radius 1 is 1.42 bits per heavy atom. The molecule has 1 unspecified atom stereocenters. The highest BCUT2D eigenvalue weighted by atomic mass is 16.1. The van der Waals surface area contributed by atoms with E-state index in [1.54, 1.807) is 0 Å². The van der Waals surface area contributed by atoms with Crippen molar-refractivity contribution in [3.63, 3.8) is 0 Å². The minimum absolute atomic E-state index is 0.00294. The van der Waals surface area contributed by atoms with E-state index in [1.165, 1.54) is 19.3 Å². The molecule has 1 atom stereocenters. The molecule has 0 radical (unpaired) electrons. The van der Waals surface area contributed by atoms with Crippen LogP contribution in [-0.2, 0) is 0 Å². The lowest BCUT2D eigenvalue weighted by Gasteiger charge is -2.17. The molecule has 2 N–H and O–H groups in total. The Morgan fingerprint density at radius 3 is 2.74 bits per heavy atom. The Bertz CT molecular complexity index is 452. The first-order valence-electron chi connectivity index (χ1n) is 7.25. The number of anilines is 1.